The number of carboxylic acids is 2. The maximum Gasteiger partial charge on any atom is 0.306 e. The Bertz CT molecular complexity index is 399. The zero-order valence-electron chi connectivity index (χ0n) is 17.1. The monoisotopic (exact) mass is 356 g/mol. The summed E-state index contributed by atoms with van der Waals surface area (Å²) in [5, 5.41) is 18.0. The third-order valence-electron chi connectivity index (χ3n) is 5.60. The van der Waals surface area contributed by atoms with Gasteiger partial charge in [0.2, 0.25) is 0 Å². The standard InChI is InChI=1S/C21H40O4/c1-17(19(24)25)21(4,5)15-13-11-9-7-6-8-10-12-14-20(2,3)16-18(22)23/h17H,6-16H2,1-5H3,(H,22,23)(H,24,25). The lowest BCUT2D eigenvalue weighted by Crippen LogP contribution is -2.28. The lowest BCUT2D eigenvalue weighted by Gasteiger charge is -2.28. The first-order valence-electron chi connectivity index (χ1n) is 9.92. The summed E-state index contributed by atoms with van der Waals surface area (Å²) < 4.78 is 0. The van der Waals surface area contributed by atoms with Crippen molar-refractivity contribution < 1.29 is 19.8 Å². The van der Waals surface area contributed by atoms with E-state index in [4.69, 9.17) is 10.2 Å². The second kappa shape index (κ2) is 11.5. The molecule has 0 saturated heterocycles. The molecule has 0 aromatic rings. The van der Waals surface area contributed by atoms with Crippen LogP contribution >= 0.6 is 0 Å². The van der Waals surface area contributed by atoms with E-state index in [1.165, 1.54) is 38.5 Å². The topological polar surface area (TPSA) is 74.6 Å². The molecule has 0 bridgehead atoms. The van der Waals surface area contributed by atoms with Crippen molar-refractivity contribution in [3.8, 4) is 0 Å². The van der Waals surface area contributed by atoms with Crippen molar-refractivity contribution in [2.45, 2.75) is 105 Å². The smallest absolute Gasteiger partial charge is 0.306 e. The van der Waals surface area contributed by atoms with Crippen molar-refractivity contribution in [2.24, 2.45) is 16.7 Å². The first-order chi connectivity index (χ1) is 11.5. The summed E-state index contributed by atoms with van der Waals surface area (Å²) in [6.07, 6.45) is 11.7. The van der Waals surface area contributed by atoms with E-state index in [0.717, 1.165) is 25.7 Å². The van der Waals surface area contributed by atoms with Crippen molar-refractivity contribution in [3.05, 3.63) is 0 Å². The van der Waals surface area contributed by atoms with Gasteiger partial charge in [0.15, 0.2) is 0 Å². The Labute approximate surface area is 154 Å². The van der Waals surface area contributed by atoms with Crippen LogP contribution in [0.4, 0.5) is 0 Å². The molecule has 25 heavy (non-hydrogen) atoms. The predicted octanol–water partition coefficient (Wildman–Crippen LogP) is 6.14. The fourth-order valence-electron chi connectivity index (χ4n) is 3.29. The summed E-state index contributed by atoms with van der Waals surface area (Å²) >= 11 is 0. The zero-order chi connectivity index (χ0) is 19.5. The Balaban J connectivity index is 3.60. The summed E-state index contributed by atoms with van der Waals surface area (Å²) in [4.78, 5) is 21.9. The summed E-state index contributed by atoms with van der Waals surface area (Å²) in [5.41, 5.74) is -0.222. The average molecular weight is 357 g/mol. The van der Waals surface area contributed by atoms with Gasteiger partial charge in [-0.3, -0.25) is 9.59 Å². The van der Waals surface area contributed by atoms with Gasteiger partial charge in [-0.2, -0.15) is 0 Å². The number of aliphatic carboxylic acids is 2. The zero-order valence-corrected chi connectivity index (χ0v) is 17.1. The first kappa shape index (κ1) is 23.9. The molecule has 0 aliphatic heterocycles. The largest absolute Gasteiger partial charge is 0.481 e. The van der Waals surface area contributed by atoms with Gasteiger partial charge in [0.1, 0.15) is 0 Å². The molecule has 0 amide bonds. The lowest BCUT2D eigenvalue weighted by atomic mass is 9.76. The molecule has 0 rings (SSSR count). The van der Waals surface area contributed by atoms with E-state index in [1.54, 1.807) is 6.92 Å². The summed E-state index contributed by atoms with van der Waals surface area (Å²) in [7, 11) is 0. The van der Waals surface area contributed by atoms with Gasteiger partial charge in [-0.15, -0.1) is 0 Å². The van der Waals surface area contributed by atoms with Gasteiger partial charge in [-0.25, -0.2) is 0 Å². The van der Waals surface area contributed by atoms with Gasteiger partial charge in [-0.1, -0.05) is 86.0 Å². The predicted molar refractivity (Wildman–Crippen MR) is 103 cm³/mol. The van der Waals surface area contributed by atoms with Gasteiger partial charge >= 0.3 is 11.9 Å². The van der Waals surface area contributed by atoms with Crippen LogP contribution in [0.25, 0.3) is 0 Å². The Kier molecular flexibility index (Phi) is 11.0. The molecule has 0 aromatic heterocycles. The summed E-state index contributed by atoms with van der Waals surface area (Å²) in [6.45, 7) is 9.98. The van der Waals surface area contributed by atoms with Gasteiger partial charge in [0.25, 0.3) is 0 Å². The molecule has 4 heteroatoms. The molecule has 0 aliphatic rings. The average Bonchev–Trinajstić information content (AvgIpc) is 2.46. The van der Waals surface area contributed by atoms with Crippen LogP contribution in [0.2, 0.25) is 0 Å². The highest BCUT2D eigenvalue weighted by molar-refractivity contribution is 5.70. The van der Waals surface area contributed by atoms with Gasteiger partial charge < -0.3 is 10.2 Å². The van der Waals surface area contributed by atoms with E-state index in [9.17, 15) is 9.59 Å². The highest BCUT2D eigenvalue weighted by Gasteiger charge is 2.30. The van der Waals surface area contributed by atoms with Crippen LogP contribution in [-0.4, -0.2) is 22.2 Å². The number of carbonyl (C=O) groups is 2. The van der Waals surface area contributed by atoms with Crippen molar-refractivity contribution in [2.75, 3.05) is 0 Å². The number of carboxylic acid groups (broad SMARTS) is 2. The molecule has 0 aliphatic carbocycles. The van der Waals surface area contributed by atoms with Crippen LogP contribution in [0.5, 0.6) is 0 Å². The molecule has 4 nitrogen and oxygen atoms in total. The van der Waals surface area contributed by atoms with E-state index >= 15 is 0 Å². The number of unbranched alkanes of at least 4 members (excludes halogenated alkanes) is 7. The molecule has 2 N–H and O–H groups in total. The van der Waals surface area contributed by atoms with Crippen molar-refractivity contribution in [1.29, 1.82) is 0 Å². The van der Waals surface area contributed by atoms with E-state index in [1.807, 2.05) is 13.8 Å². The summed E-state index contributed by atoms with van der Waals surface area (Å²) in [5.74, 6) is -1.69. The molecule has 0 radical (unpaired) electrons. The van der Waals surface area contributed by atoms with Crippen LogP contribution in [0, 0.1) is 16.7 Å². The highest BCUT2D eigenvalue weighted by Crippen LogP contribution is 2.33. The molecule has 0 fully saturated rings. The maximum atomic E-state index is 11.1. The minimum absolute atomic E-state index is 0.0915. The third kappa shape index (κ3) is 12.0. The Hall–Kier alpha value is -1.06. The molecule has 148 valence electrons. The number of hydrogen-bond donors (Lipinski definition) is 2. The third-order valence-corrected chi connectivity index (χ3v) is 5.60. The van der Waals surface area contributed by atoms with Crippen LogP contribution in [0.3, 0.4) is 0 Å². The Morgan fingerprint density at radius 3 is 1.56 bits per heavy atom. The van der Waals surface area contributed by atoms with Crippen LogP contribution in [0.1, 0.15) is 105 Å². The highest BCUT2D eigenvalue weighted by atomic mass is 16.4. The molecular formula is C21H40O4. The fraction of sp³-hybridized carbons (Fsp3) is 0.905. The Morgan fingerprint density at radius 2 is 1.16 bits per heavy atom. The molecule has 0 heterocycles. The molecular weight excluding hydrogens is 316 g/mol. The van der Waals surface area contributed by atoms with Crippen molar-refractivity contribution in [3.63, 3.8) is 0 Å². The van der Waals surface area contributed by atoms with Gasteiger partial charge in [0, 0.05) is 0 Å². The number of hydrogen-bond acceptors (Lipinski definition) is 2. The second-order valence-corrected chi connectivity index (χ2v) is 9.11. The van der Waals surface area contributed by atoms with Crippen LogP contribution < -0.4 is 0 Å². The first-order valence-corrected chi connectivity index (χ1v) is 9.92. The minimum atomic E-state index is -0.703. The van der Waals surface area contributed by atoms with Crippen LogP contribution in [-0.2, 0) is 9.59 Å². The maximum absolute atomic E-state index is 11.1. The van der Waals surface area contributed by atoms with E-state index < -0.39 is 11.9 Å². The minimum Gasteiger partial charge on any atom is -0.481 e. The van der Waals surface area contributed by atoms with Crippen LogP contribution in [0.15, 0.2) is 0 Å². The number of rotatable bonds is 15. The molecule has 1 atom stereocenters. The lowest BCUT2D eigenvalue weighted by molar-refractivity contribution is -0.145. The van der Waals surface area contributed by atoms with Crippen molar-refractivity contribution in [1.82, 2.24) is 0 Å². The van der Waals surface area contributed by atoms with E-state index in [0.29, 0.717) is 0 Å². The fourth-order valence-corrected chi connectivity index (χ4v) is 3.29. The molecule has 0 spiro atoms. The van der Waals surface area contributed by atoms with Gasteiger partial charge in [-0.05, 0) is 23.7 Å². The summed E-state index contributed by atoms with van der Waals surface area (Å²) in [6, 6.07) is 0. The quantitative estimate of drug-likeness (QED) is 0.346. The molecule has 1 unspecified atom stereocenters. The molecule has 0 saturated carbocycles. The second-order valence-electron chi connectivity index (χ2n) is 9.11. The van der Waals surface area contributed by atoms with E-state index in [2.05, 4.69) is 13.8 Å². The normalized spacial score (nSPS) is 13.6. The SMILES string of the molecule is CC(C(=O)O)C(C)(C)CCCCCCCCCCC(C)(C)CC(=O)O. The molecule has 0 aromatic carbocycles. The van der Waals surface area contributed by atoms with Crippen molar-refractivity contribution >= 4 is 11.9 Å². The van der Waals surface area contributed by atoms with E-state index in [-0.39, 0.29) is 23.2 Å². The van der Waals surface area contributed by atoms with Gasteiger partial charge in [0.05, 0.1) is 12.3 Å². The Morgan fingerprint density at radius 1 is 0.760 bits per heavy atom.